The number of aromatic nitrogens is 2. The van der Waals surface area contributed by atoms with Crippen molar-refractivity contribution in [2.24, 2.45) is 7.05 Å². The minimum Gasteiger partial charge on any atom is -0.492 e. The summed E-state index contributed by atoms with van der Waals surface area (Å²) in [4.78, 5) is 11.9. The third-order valence-electron chi connectivity index (χ3n) is 4.29. The molecule has 1 aromatic carbocycles. The van der Waals surface area contributed by atoms with Gasteiger partial charge in [-0.3, -0.25) is 14.5 Å². The number of hydrazine groups is 1. The monoisotopic (exact) mass is 344 g/mol. The third kappa shape index (κ3) is 4.37. The van der Waals surface area contributed by atoms with E-state index in [4.69, 9.17) is 4.74 Å². The van der Waals surface area contributed by atoms with Gasteiger partial charge in [0.1, 0.15) is 12.4 Å². The van der Waals surface area contributed by atoms with Crippen LogP contribution in [0.5, 0.6) is 5.75 Å². The Morgan fingerprint density at radius 3 is 2.92 bits per heavy atom. The summed E-state index contributed by atoms with van der Waals surface area (Å²) in [6.07, 6.45) is 4.10. The van der Waals surface area contributed by atoms with Crippen LogP contribution in [-0.2, 0) is 11.8 Å². The first kappa shape index (κ1) is 17.4. The van der Waals surface area contributed by atoms with Gasteiger partial charge in [-0.15, -0.1) is 0 Å². The Morgan fingerprint density at radius 1 is 1.44 bits per heavy atom. The first-order valence-corrected chi connectivity index (χ1v) is 8.46. The lowest BCUT2D eigenvalue weighted by molar-refractivity contribution is -0.146. The van der Waals surface area contributed by atoms with E-state index in [2.05, 4.69) is 5.10 Å². The zero-order chi connectivity index (χ0) is 17.8. The van der Waals surface area contributed by atoms with Gasteiger partial charge in [0.05, 0.1) is 18.8 Å². The van der Waals surface area contributed by atoms with E-state index < -0.39 is 0 Å². The summed E-state index contributed by atoms with van der Waals surface area (Å²) < 4.78 is 7.59. The van der Waals surface area contributed by atoms with Crippen LogP contribution >= 0.6 is 0 Å². The molecule has 1 N–H and O–H groups in total. The molecule has 2 heterocycles. The van der Waals surface area contributed by atoms with E-state index in [0.717, 1.165) is 16.9 Å². The highest BCUT2D eigenvalue weighted by molar-refractivity contribution is 5.72. The number of carbonyl (C=O) groups excluding carboxylic acids is 1. The van der Waals surface area contributed by atoms with Crippen LogP contribution in [0, 0.1) is 0 Å². The average Bonchev–Trinajstić information content (AvgIpc) is 3.20. The fourth-order valence-corrected chi connectivity index (χ4v) is 3.03. The number of benzene rings is 1. The van der Waals surface area contributed by atoms with Gasteiger partial charge in [-0.05, 0) is 24.1 Å². The van der Waals surface area contributed by atoms with Crippen molar-refractivity contribution in [3.8, 4) is 16.9 Å². The molecule has 1 fully saturated rings. The van der Waals surface area contributed by atoms with Gasteiger partial charge in [0.15, 0.2) is 0 Å². The minimum atomic E-state index is -0.362. The number of ether oxygens (including phenoxy) is 1. The highest BCUT2D eigenvalue weighted by Crippen LogP contribution is 2.23. The molecule has 1 unspecified atom stereocenters. The van der Waals surface area contributed by atoms with E-state index in [1.165, 1.54) is 6.92 Å². The second-order valence-electron chi connectivity index (χ2n) is 6.28. The first-order valence-electron chi connectivity index (χ1n) is 8.46. The summed E-state index contributed by atoms with van der Waals surface area (Å²) in [6.45, 7) is 3.57. The molecule has 1 aliphatic heterocycles. The van der Waals surface area contributed by atoms with Crippen LogP contribution in [0.15, 0.2) is 36.7 Å². The molecular formula is C18H24N4O3. The van der Waals surface area contributed by atoms with E-state index in [-0.39, 0.29) is 12.0 Å². The third-order valence-corrected chi connectivity index (χ3v) is 4.29. The highest BCUT2D eigenvalue weighted by atomic mass is 16.5. The zero-order valence-electron chi connectivity index (χ0n) is 14.6. The Labute approximate surface area is 147 Å². The summed E-state index contributed by atoms with van der Waals surface area (Å²) in [6, 6.07) is 7.82. The number of β-amino-alcohol motifs (C(OH)–C–C–N with tert-alkyl or cyclic N) is 1. The van der Waals surface area contributed by atoms with Gasteiger partial charge in [0.2, 0.25) is 5.91 Å². The molecule has 2 aromatic rings. The second kappa shape index (κ2) is 7.67. The van der Waals surface area contributed by atoms with E-state index in [0.29, 0.717) is 32.7 Å². The standard InChI is InChI=1S/C18H24N4O3/c1-14(23)22(21-7-6-17(24)13-21)8-9-25-18-5-3-4-15(10-18)16-11-19-20(2)12-16/h3-5,10-12,17,24H,6-9,13H2,1-2H3. The Morgan fingerprint density at radius 2 is 2.28 bits per heavy atom. The van der Waals surface area contributed by atoms with Crippen molar-refractivity contribution in [3.05, 3.63) is 36.7 Å². The van der Waals surface area contributed by atoms with E-state index in [9.17, 15) is 9.90 Å². The quantitative estimate of drug-likeness (QED) is 0.855. The highest BCUT2D eigenvalue weighted by Gasteiger charge is 2.26. The maximum absolute atomic E-state index is 11.9. The number of hydrogen-bond acceptors (Lipinski definition) is 5. The maximum Gasteiger partial charge on any atom is 0.233 e. The van der Waals surface area contributed by atoms with Crippen molar-refractivity contribution in [3.63, 3.8) is 0 Å². The molecule has 0 radical (unpaired) electrons. The van der Waals surface area contributed by atoms with Crippen LogP contribution < -0.4 is 4.74 Å². The Kier molecular flexibility index (Phi) is 5.35. The summed E-state index contributed by atoms with van der Waals surface area (Å²) in [7, 11) is 1.88. The van der Waals surface area contributed by atoms with Crippen LogP contribution in [0.25, 0.3) is 11.1 Å². The van der Waals surface area contributed by atoms with Crippen LogP contribution in [0.4, 0.5) is 0 Å². The number of rotatable bonds is 6. The number of carbonyl (C=O) groups is 1. The van der Waals surface area contributed by atoms with Crippen LogP contribution in [0.3, 0.4) is 0 Å². The molecule has 3 rings (SSSR count). The van der Waals surface area contributed by atoms with E-state index >= 15 is 0 Å². The number of hydrogen-bond donors (Lipinski definition) is 1. The van der Waals surface area contributed by atoms with Gasteiger partial charge in [0.25, 0.3) is 0 Å². The summed E-state index contributed by atoms with van der Waals surface area (Å²) >= 11 is 0. The molecule has 1 aromatic heterocycles. The molecule has 1 amide bonds. The number of aryl methyl sites for hydroxylation is 1. The molecule has 25 heavy (non-hydrogen) atoms. The molecular weight excluding hydrogens is 320 g/mol. The average molecular weight is 344 g/mol. The summed E-state index contributed by atoms with van der Waals surface area (Å²) in [5.41, 5.74) is 2.07. The van der Waals surface area contributed by atoms with Crippen molar-refractivity contribution in [2.75, 3.05) is 26.2 Å². The molecule has 0 aliphatic carbocycles. The molecule has 0 spiro atoms. The number of amides is 1. The fraction of sp³-hybridized carbons (Fsp3) is 0.444. The fourth-order valence-electron chi connectivity index (χ4n) is 3.03. The zero-order valence-corrected chi connectivity index (χ0v) is 14.6. The van der Waals surface area contributed by atoms with Crippen molar-refractivity contribution in [1.29, 1.82) is 0 Å². The van der Waals surface area contributed by atoms with Gasteiger partial charge in [-0.2, -0.15) is 5.10 Å². The lowest BCUT2D eigenvalue weighted by Gasteiger charge is -2.30. The SMILES string of the molecule is CC(=O)N(CCOc1cccc(-c2cnn(C)c2)c1)N1CCC(O)C1. The molecule has 7 nitrogen and oxygen atoms in total. The molecule has 1 saturated heterocycles. The molecule has 1 atom stereocenters. The number of nitrogens with zero attached hydrogens (tertiary/aromatic N) is 4. The normalized spacial score (nSPS) is 17.6. The van der Waals surface area contributed by atoms with E-state index in [1.54, 1.807) is 9.69 Å². The molecule has 0 saturated carbocycles. The van der Waals surface area contributed by atoms with Crippen LogP contribution in [0.1, 0.15) is 13.3 Å². The van der Waals surface area contributed by atoms with Gasteiger partial charge >= 0.3 is 0 Å². The summed E-state index contributed by atoms with van der Waals surface area (Å²) in [5.74, 6) is 0.716. The van der Waals surface area contributed by atoms with Gasteiger partial charge in [0, 0.05) is 38.8 Å². The Hall–Kier alpha value is -2.38. The predicted octanol–water partition coefficient (Wildman–Crippen LogP) is 1.30. The number of aliphatic hydroxyl groups excluding tert-OH is 1. The van der Waals surface area contributed by atoms with E-state index in [1.807, 2.05) is 48.7 Å². The number of aliphatic hydroxyl groups is 1. The van der Waals surface area contributed by atoms with Crippen molar-refractivity contribution in [2.45, 2.75) is 19.4 Å². The van der Waals surface area contributed by atoms with Crippen molar-refractivity contribution < 1.29 is 14.6 Å². The van der Waals surface area contributed by atoms with Crippen molar-refractivity contribution >= 4 is 5.91 Å². The Balaban J connectivity index is 1.58. The first-order chi connectivity index (χ1) is 12.0. The largest absolute Gasteiger partial charge is 0.492 e. The second-order valence-corrected chi connectivity index (χ2v) is 6.28. The maximum atomic E-state index is 11.9. The summed E-state index contributed by atoms with van der Waals surface area (Å²) in [5, 5.41) is 17.4. The van der Waals surface area contributed by atoms with Gasteiger partial charge in [-0.25, -0.2) is 5.01 Å². The lowest BCUT2D eigenvalue weighted by atomic mass is 10.1. The minimum absolute atomic E-state index is 0.0400. The van der Waals surface area contributed by atoms with Gasteiger partial charge < -0.3 is 9.84 Å². The van der Waals surface area contributed by atoms with Crippen LogP contribution in [-0.4, -0.2) is 63.2 Å². The molecule has 1 aliphatic rings. The van der Waals surface area contributed by atoms with Gasteiger partial charge in [-0.1, -0.05) is 12.1 Å². The predicted molar refractivity (Wildman–Crippen MR) is 93.7 cm³/mol. The smallest absolute Gasteiger partial charge is 0.233 e. The molecule has 7 heteroatoms. The lowest BCUT2D eigenvalue weighted by Crippen LogP contribution is -2.46. The molecule has 134 valence electrons. The Bertz CT molecular complexity index is 731. The van der Waals surface area contributed by atoms with Crippen molar-refractivity contribution in [1.82, 2.24) is 19.8 Å². The van der Waals surface area contributed by atoms with Crippen LogP contribution in [0.2, 0.25) is 0 Å². The topological polar surface area (TPSA) is 70.8 Å². The molecule has 0 bridgehead atoms.